The molecule has 0 amide bonds. The molecule has 3 fully saturated rings. The molecule has 2 aromatic heterocycles. The third kappa shape index (κ3) is 3.90. The van der Waals surface area contributed by atoms with Crippen LogP contribution in [0.1, 0.15) is 105 Å². The number of aromatic nitrogens is 2. The third-order valence-electron chi connectivity index (χ3n) is 7.89. The second-order valence-electron chi connectivity index (χ2n) is 9.81. The molecule has 1 saturated heterocycles. The minimum atomic E-state index is 0.107. The zero-order valence-electron chi connectivity index (χ0n) is 19.0. The topological polar surface area (TPSA) is 33.1 Å². The van der Waals surface area contributed by atoms with Crippen LogP contribution in [0, 0.1) is 13.8 Å². The molecule has 2 aromatic rings. The molecule has 0 radical (unpaired) electrons. The monoisotopic (exact) mass is 436 g/mol. The first-order chi connectivity index (χ1) is 15.1. The van der Waals surface area contributed by atoms with Crippen molar-refractivity contribution in [3.63, 3.8) is 0 Å². The van der Waals surface area contributed by atoms with Gasteiger partial charge in [0.15, 0.2) is 5.11 Å². The molecule has 4 nitrogen and oxygen atoms in total. The lowest BCUT2D eigenvalue weighted by molar-refractivity contribution is 0.196. The summed E-state index contributed by atoms with van der Waals surface area (Å²) >= 11 is 5.96. The van der Waals surface area contributed by atoms with E-state index in [9.17, 15) is 0 Å². The Hall–Kier alpha value is -1.88. The quantitative estimate of drug-likeness (QED) is 0.569. The average molecular weight is 437 g/mol. The van der Waals surface area contributed by atoms with Crippen molar-refractivity contribution in [2.24, 2.45) is 0 Å². The molecule has 5 heteroatoms. The Morgan fingerprint density at radius 2 is 1.61 bits per heavy atom. The fraction of sp³-hybridized carbons (Fsp3) is 0.615. The molecule has 5 rings (SSSR count). The maximum absolute atomic E-state index is 5.96. The maximum atomic E-state index is 5.96. The van der Waals surface area contributed by atoms with Crippen molar-refractivity contribution in [2.75, 3.05) is 0 Å². The number of rotatable bonds is 4. The second kappa shape index (κ2) is 8.93. The van der Waals surface area contributed by atoms with E-state index in [1.807, 2.05) is 12.3 Å². The summed E-state index contributed by atoms with van der Waals surface area (Å²) in [5, 5.41) is 4.60. The van der Waals surface area contributed by atoms with Crippen LogP contribution in [-0.2, 0) is 0 Å². The fourth-order valence-corrected chi connectivity index (χ4v) is 6.84. The summed E-state index contributed by atoms with van der Waals surface area (Å²) in [6.45, 7) is 4.64. The Morgan fingerprint density at radius 1 is 0.935 bits per heavy atom. The summed E-state index contributed by atoms with van der Waals surface area (Å²) in [7, 11) is 0. The average Bonchev–Trinajstić information content (AvgIpc) is 3.30. The summed E-state index contributed by atoms with van der Waals surface area (Å²) in [5.41, 5.74) is 5.37. The highest BCUT2D eigenvalue weighted by Crippen LogP contribution is 2.45. The van der Waals surface area contributed by atoms with E-state index in [1.165, 1.54) is 81.2 Å². The van der Waals surface area contributed by atoms with Crippen LogP contribution in [0.15, 0.2) is 30.5 Å². The highest BCUT2D eigenvalue weighted by molar-refractivity contribution is 7.80. The summed E-state index contributed by atoms with van der Waals surface area (Å²) < 4.78 is 2.64. The summed E-state index contributed by atoms with van der Waals surface area (Å²) in [6.07, 6.45) is 15.1. The van der Waals surface area contributed by atoms with Gasteiger partial charge in [0.2, 0.25) is 0 Å². The van der Waals surface area contributed by atoms with E-state index in [-0.39, 0.29) is 12.1 Å². The molecule has 2 saturated carbocycles. The second-order valence-corrected chi connectivity index (χ2v) is 10.2. The molecule has 3 aliphatic rings. The predicted octanol–water partition coefficient (Wildman–Crippen LogP) is 6.31. The molecular weight excluding hydrogens is 400 g/mol. The first-order valence-corrected chi connectivity index (χ1v) is 12.7. The van der Waals surface area contributed by atoms with Crippen LogP contribution < -0.4 is 5.32 Å². The maximum Gasteiger partial charge on any atom is 0.170 e. The van der Waals surface area contributed by atoms with Gasteiger partial charge >= 0.3 is 0 Å². The third-order valence-corrected chi connectivity index (χ3v) is 8.21. The Kier molecular flexibility index (Phi) is 6.05. The molecule has 166 valence electrons. The molecule has 31 heavy (non-hydrogen) atoms. The SMILES string of the molecule is Cc1cc([C@@H]2[C@@H](c3ccccn3)NC(=S)N2C2CCCCC2)c(C)n1C1CCCCC1. The zero-order chi connectivity index (χ0) is 21.4. The standard InChI is InChI=1S/C26H36N4S/c1-18-17-22(19(2)29(18)20-11-5-3-6-12-20)25-24(23-15-9-10-16-27-23)28-26(31)30(25)21-13-7-4-8-14-21/h9-10,15-17,20-21,24-25H,3-8,11-14H2,1-2H3,(H,28,31)/t24-,25-/m1/s1. The fourth-order valence-electron chi connectivity index (χ4n) is 6.45. The number of thiocarbonyl (C=S) groups is 1. The van der Waals surface area contributed by atoms with Crippen LogP contribution in [0.2, 0.25) is 0 Å². The van der Waals surface area contributed by atoms with Gasteiger partial charge in [0.05, 0.1) is 17.8 Å². The Bertz CT molecular complexity index is 909. The van der Waals surface area contributed by atoms with Crippen molar-refractivity contribution in [3.8, 4) is 0 Å². The Morgan fingerprint density at radius 3 is 2.26 bits per heavy atom. The molecule has 0 unspecified atom stereocenters. The van der Waals surface area contributed by atoms with Crippen LogP contribution in [0.5, 0.6) is 0 Å². The van der Waals surface area contributed by atoms with Gasteiger partial charge in [-0.25, -0.2) is 0 Å². The van der Waals surface area contributed by atoms with E-state index in [0.29, 0.717) is 12.1 Å². The van der Waals surface area contributed by atoms with Gasteiger partial charge in [0.1, 0.15) is 0 Å². The van der Waals surface area contributed by atoms with Gasteiger partial charge in [-0.3, -0.25) is 4.98 Å². The smallest absolute Gasteiger partial charge is 0.170 e. The number of pyridine rings is 1. The summed E-state index contributed by atoms with van der Waals surface area (Å²) in [5.74, 6) is 0. The Labute approximate surface area is 192 Å². The minimum Gasteiger partial charge on any atom is -0.352 e. The molecule has 0 spiro atoms. The van der Waals surface area contributed by atoms with Crippen LogP contribution >= 0.6 is 12.2 Å². The number of nitrogens with zero attached hydrogens (tertiary/aromatic N) is 3. The lowest BCUT2D eigenvalue weighted by Gasteiger charge is -2.37. The van der Waals surface area contributed by atoms with Crippen LogP contribution in [-0.4, -0.2) is 25.6 Å². The van der Waals surface area contributed by atoms with Gasteiger partial charge in [-0.05, 0) is 75.5 Å². The van der Waals surface area contributed by atoms with E-state index in [4.69, 9.17) is 17.2 Å². The van der Waals surface area contributed by atoms with Gasteiger partial charge < -0.3 is 14.8 Å². The van der Waals surface area contributed by atoms with Crippen molar-refractivity contribution in [1.29, 1.82) is 0 Å². The van der Waals surface area contributed by atoms with Crippen molar-refractivity contribution in [2.45, 2.75) is 102 Å². The van der Waals surface area contributed by atoms with Crippen LogP contribution in [0.25, 0.3) is 0 Å². The predicted molar refractivity (Wildman–Crippen MR) is 130 cm³/mol. The highest BCUT2D eigenvalue weighted by Gasteiger charge is 2.44. The van der Waals surface area contributed by atoms with Crippen LogP contribution in [0.3, 0.4) is 0 Å². The van der Waals surface area contributed by atoms with E-state index in [1.54, 1.807) is 0 Å². The number of nitrogens with one attached hydrogen (secondary N) is 1. The molecule has 1 N–H and O–H groups in total. The number of hydrogen-bond acceptors (Lipinski definition) is 2. The molecular formula is C26H36N4S. The van der Waals surface area contributed by atoms with Gasteiger partial charge in [0, 0.05) is 29.7 Å². The first-order valence-electron chi connectivity index (χ1n) is 12.3. The number of hydrogen-bond donors (Lipinski definition) is 1. The normalized spacial score (nSPS) is 25.7. The van der Waals surface area contributed by atoms with Gasteiger partial charge in [0.25, 0.3) is 0 Å². The van der Waals surface area contributed by atoms with E-state index >= 15 is 0 Å². The molecule has 0 aromatic carbocycles. The lowest BCUT2D eigenvalue weighted by atomic mass is 9.90. The number of aryl methyl sites for hydroxylation is 1. The van der Waals surface area contributed by atoms with Gasteiger partial charge in [-0.15, -0.1) is 0 Å². The van der Waals surface area contributed by atoms with Crippen molar-refractivity contribution >= 4 is 17.3 Å². The first kappa shape index (κ1) is 21.0. The highest BCUT2D eigenvalue weighted by atomic mass is 32.1. The molecule has 1 aliphatic heterocycles. The van der Waals surface area contributed by atoms with Crippen molar-refractivity contribution < 1.29 is 0 Å². The molecule has 2 aliphatic carbocycles. The summed E-state index contributed by atoms with van der Waals surface area (Å²) in [6, 6.07) is 10.2. The molecule has 2 atom stereocenters. The molecule has 3 heterocycles. The summed E-state index contributed by atoms with van der Waals surface area (Å²) in [4.78, 5) is 7.30. The van der Waals surface area contributed by atoms with E-state index in [2.05, 4.69) is 46.8 Å². The lowest BCUT2D eigenvalue weighted by Crippen LogP contribution is -2.40. The van der Waals surface area contributed by atoms with Crippen molar-refractivity contribution in [1.82, 2.24) is 19.8 Å². The van der Waals surface area contributed by atoms with Crippen molar-refractivity contribution in [3.05, 3.63) is 53.1 Å². The minimum absolute atomic E-state index is 0.107. The van der Waals surface area contributed by atoms with E-state index < -0.39 is 0 Å². The van der Waals surface area contributed by atoms with E-state index in [0.717, 1.165) is 10.8 Å². The Balaban J connectivity index is 1.57. The zero-order valence-corrected chi connectivity index (χ0v) is 19.8. The largest absolute Gasteiger partial charge is 0.352 e. The molecule has 0 bridgehead atoms. The van der Waals surface area contributed by atoms with Gasteiger partial charge in [-0.1, -0.05) is 44.6 Å². The van der Waals surface area contributed by atoms with Gasteiger partial charge in [-0.2, -0.15) is 0 Å². The van der Waals surface area contributed by atoms with Crippen LogP contribution in [0.4, 0.5) is 0 Å².